The molecule has 0 radical (unpaired) electrons. The average molecular weight is 577 g/mol. The summed E-state index contributed by atoms with van der Waals surface area (Å²) in [6.07, 6.45) is -2.09. The summed E-state index contributed by atoms with van der Waals surface area (Å²) >= 11 is 0. The topological polar surface area (TPSA) is 57.3 Å². The Kier molecular flexibility index (Phi) is 10.4. The number of alkyl halides is 3. The van der Waals surface area contributed by atoms with Crippen molar-refractivity contribution in [2.45, 2.75) is 57.9 Å². The predicted molar refractivity (Wildman–Crippen MR) is 154 cm³/mol. The van der Waals surface area contributed by atoms with E-state index in [-0.39, 0.29) is 5.91 Å². The molecule has 0 aromatic heterocycles. The Morgan fingerprint density at radius 1 is 1.02 bits per heavy atom. The normalized spacial score (nSPS) is 20.7. The first kappa shape index (κ1) is 31.0. The van der Waals surface area contributed by atoms with Crippen molar-refractivity contribution in [1.29, 1.82) is 0 Å². The molecule has 2 aromatic rings. The number of halogens is 3. The first-order valence-corrected chi connectivity index (χ1v) is 14.5. The van der Waals surface area contributed by atoms with Crippen LogP contribution in [-0.2, 0) is 17.5 Å². The van der Waals surface area contributed by atoms with Crippen molar-refractivity contribution in [3.63, 3.8) is 0 Å². The van der Waals surface area contributed by atoms with Crippen LogP contribution in [0.5, 0.6) is 11.5 Å². The zero-order valence-corrected chi connectivity index (χ0v) is 24.5. The maximum Gasteiger partial charge on any atom is 0.416 e. The first-order valence-electron chi connectivity index (χ1n) is 14.5. The van der Waals surface area contributed by atoms with Crippen LogP contribution in [0.15, 0.2) is 42.5 Å². The zero-order valence-electron chi connectivity index (χ0n) is 24.5. The largest absolute Gasteiger partial charge is 0.497 e. The van der Waals surface area contributed by atoms with Gasteiger partial charge < -0.3 is 24.6 Å². The van der Waals surface area contributed by atoms with Crippen molar-refractivity contribution in [3.8, 4) is 11.5 Å². The second-order valence-corrected chi connectivity index (χ2v) is 11.3. The van der Waals surface area contributed by atoms with Gasteiger partial charge in [-0.15, -0.1) is 0 Å². The molecule has 0 saturated carbocycles. The number of piperazine rings is 1. The van der Waals surface area contributed by atoms with Gasteiger partial charge in [-0.2, -0.15) is 13.2 Å². The molecule has 226 valence electrons. The molecule has 1 N–H and O–H groups in total. The van der Waals surface area contributed by atoms with Gasteiger partial charge in [0, 0.05) is 75.1 Å². The minimum Gasteiger partial charge on any atom is -0.497 e. The number of ether oxygens (including phenoxy) is 2. The SMILES string of the molecule is COc1ccc(CNC(=O)CC[C@@H]2CN(C(C)C)CC[C@@H]2N2CCN(c3cccc(C(F)(F)F)c3)CC2)c(OC)c1. The second-order valence-electron chi connectivity index (χ2n) is 11.3. The number of rotatable bonds is 10. The van der Waals surface area contributed by atoms with Gasteiger partial charge in [0.15, 0.2) is 0 Å². The van der Waals surface area contributed by atoms with Crippen molar-refractivity contribution < 1.29 is 27.4 Å². The predicted octanol–water partition coefficient (Wildman–Crippen LogP) is 5.04. The first-order chi connectivity index (χ1) is 19.6. The second kappa shape index (κ2) is 13.8. The Balaban J connectivity index is 1.34. The highest BCUT2D eigenvalue weighted by Gasteiger charge is 2.36. The minimum atomic E-state index is -4.34. The van der Waals surface area contributed by atoms with E-state index in [1.165, 1.54) is 12.1 Å². The van der Waals surface area contributed by atoms with Gasteiger partial charge in [-0.3, -0.25) is 9.69 Å². The highest BCUT2D eigenvalue weighted by molar-refractivity contribution is 5.76. The van der Waals surface area contributed by atoms with Crippen molar-refractivity contribution in [2.24, 2.45) is 5.92 Å². The maximum absolute atomic E-state index is 13.2. The number of nitrogens with one attached hydrogen (secondary N) is 1. The molecule has 7 nitrogen and oxygen atoms in total. The molecule has 2 saturated heterocycles. The molecule has 4 rings (SSSR count). The summed E-state index contributed by atoms with van der Waals surface area (Å²) in [7, 11) is 3.20. The lowest BCUT2D eigenvalue weighted by Crippen LogP contribution is -2.57. The molecular weight excluding hydrogens is 533 g/mol. The standard InChI is InChI=1S/C31H43F3N4O3/c1-22(2)38-13-12-28(37-16-14-36(15-17-37)26-7-5-6-25(18-26)31(32,33)34)24(21-38)9-11-30(39)35-20-23-8-10-27(40-3)19-29(23)41-4/h5-8,10,18-19,22,24,28H,9,11-17,20-21H2,1-4H3,(H,35,39)/t24-,28+/m1/s1. The number of carbonyl (C=O) groups is 1. The molecule has 0 aliphatic carbocycles. The van der Waals surface area contributed by atoms with Crippen LogP contribution in [-0.4, -0.2) is 81.3 Å². The molecular formula is C31H43F3N4O3. The Bertz CT molecular complexity index is 1150. The summed E-state index contributed by atoms with van der Waals surface area (Å²) in [5.74, 6) is 1.73. The Morgan fingerprint density at radius 2 is 1.78 bits per heavy atom. The van der Waals surface area contributed by atoms with Gasteiger partial charge >= 0.3 is 6.18 Å². The van der Waals surface area contributed by atoms with Crippen LogP contribution in [0.1, 0.15) is 44.2 Å². The molecule has 0 spiro atoms. The van der Waals surface area contributed by atoms with Crippen LogP contribution in [0.25, 0.3) is 0 Å². The third-order valence-electron chi connectivity index (χ3n) is 8.49. The number of piperidine rings is 1. The summed E-state index contributed by atoms with van der Waals surface area (Å²) in [5, 5.41) is 3.04. The number of hydrogen-bond donors (Lipinski definition) is 1. The highest BCUT2D eigenvalue weighted by atomic mass is 19.4. The van der Waals surface area contributed by atoms with Crippen molar-refractivity contribution in [1.82, 2.24) is 15.1 Å². The van der Waals surface area contributed by atoms with Crippen LogP contribution in [0.3, 0.4) is 0 Å². The van der Waals surface area contributed by atoms with Gasteiger partial charge in [-0.1, -0.05) is 6.07 Å². The van der Waals surface area contributed by atoms with E-state index in [0.29, 0.717) is 61.2 Å². The van der Waals surface area contributed by atoms with Crippen LogP contribution < -0.4 is 19.7 Å². The van der Waals surface area contributed by atoms with Crippen LogP contribution in [0.2, 0.25) is 0 Å². The number of benzene rings is 2. The third-order valence-corrected chi connectivity index (χ3v) is 8.49. The van der Waals surface area contributed by atoms with Crippen LogP contribution >= 0.6 is 0 Å². The van der Waals surface area contributed by atoms with E-state index >= 15 is 0 Å². The average Bonchev–Trinajstić information content (AvgIpc) is 2.98. The van der Waals surface area contributed by atoms with E-state index in [0.717, 1.165) is 50.7 Å². The van der Waals surface area contributed by atoms with E-state index in [9.17, 15) is 18.0 Å². The summed E-state index contributed by atoms with van der Waals surface area (Å²) in [4.78, 5) is 19.9. The molecule has 10 heteroatoms. The zero-order chi connectivity index (χ0) is 29.6. The van der Waals surface area contributed by atoms with Crippen LogP contribution in [0.4, 0.5) is 18.9 Å². The number of anilines is 1. The van der Waals surface area contributed by atoms with E-state index in [1.807, 2.05) is 17.0 Å². The van der Waals surface area contributed by atoms with Gasteiger partial charge in [0.25, 0.3) is 0 Å². The lowest BCUT2D eigenvalue weighted by atomic mass is 9.86. The molecule has 2 aromatic carbocycles. The van der Waals surface area contributed by atoms with Gasteiger partial charge in [-0.05, 0) is 69.5 Å². The van der Waals surface area contributed by atoms with E-state index < -0.39 is 11.7 Å². The fraction of sp³-hybridized carbons (Fsp3) is 0.581. The molecule has 0 bridgehead atoms. The Morgan fingerprint density at radius 3 is 2.44 bits per heavy atom. The Hall–Kier alpha value is -2.98. The number of carbonyl (C=O) groups excluding carboxylic acids is 1. The maximum atomic E-state index is 13.2. The fourth-order valence-electron chi connectivity index (χ4n) is 6.07. The number of nitrogens with zero attached hydrogens (tertiary/aromatic N) is 3. The fourth-order valence-corrected chi connectivity index (χ4v) is 6.07. The number of hydrogen-bond acceptors (Lipinski definition) is 6. The third kappa shape index (κ3) is 8.07. The quantitative estimate of drug-likeness (QED) is 0.428. The van der Waals surface area contributed by atoms with Gasteiger partial charge in [0.05, 0.1) is 19.8 Å². The summed E-state index contributed by atoms with van der Waals surface area (Å²) in [6, 6.07) is 12.0. The number of likely N-dealkylation sites (tertiary alicyclic amines) is 1. The van der Waals surface area contributed by atoms with E-state index in [4.69, 9.17) is 9.47 Å². The van der Waals surface area contributed by atoms with E-state index in [1.54, 1.807) is 26.4 Å². The van der Waals surface area contributed by atoms with Gasteiger partial charge in [-0.25, -0.2) is 0 Å². The number of methoxy groups -OCH3 is 2. The Labute approximate surface area is 241 Å². The van der Waals surface area contributed by atoms with Gasteiger partial charge in [0.1, 0.15) is 11.5 Å². The molecule has 41 heavy (non-hydrogen) atoms. The molecule has 2 atom stereocenters. The molecule has 2 aliphatic rings. The smallest absolute Gasteiger partial charge is 0.416 e. The lowest BCUT2D eigenvalue weighted by molar-refractivity contribution is -0.137. The summed E-state index contributed by atoms with van der Waals surface area (Å²) < 4.78 is 50.4. The van der Waals surface area contributed by atoms with Crippen molar-refractivity contribution in [2.75, 3.05) is 58.4 Å². The molecule has 1 amide bonds. The van der Waals surface area contributed by atoms with Crippen LogP contribution in [0, 0.1) is 5.92 Å². The minimum absolute atomic E-state index is 0.0117. The highest BCUT2D eigenvalue weighted by Crippen LogP contribution is 2.33. The van der Waals surface area contributed by atoms with Gasteiger partial charge in [0.2, 0.25) is 5.91 Å². The van der Waals surface area contributed by atoms with E-state index in [2.05, 4.69) is 29.0 Å². The molecule has 0 unspecified atom stereocenters. The van der Waals surface area contributed by atoms with Crippen molar-refractivity contribution >= 4 is 11.6 Å². The monoisotopic (exact) mass is 576 g/mol. The number of amides is 1. The van der Waals surface area contributed by atoms with Crippen molar-refractivity contribution in [3.05, 3.63) is 53.6 Å². The molecule has 2 fully saturated rings. The lowest BCUT2D eigenvalue weighted by Gasteiger charge is -2.48. The summed E-state index contributed by atoms with van der Waals surface area (Å²) in [6.45, 7) is 9.71. The molecule has 2 aliphatic heterocycles. The molecule has 2 heterocycles. The summed E-state index contributed by atoms with van der Waals surface area (Å²) in [5.41, 5.74) is 0.903.